The summed E-state index contributed by atoms with van der Waals surface area (Å²) in [4.78, 5) is 1.39. The van der Waals surface area contributed by atoms with E-state index < -0.39 is 10.0 Å². The molecule has 5 heteroatoms. The molecule has 0 radical (unpaired) electrons. The van der Waals surface area contributed by atoms with Gasteiger partial charge in [-0.25, -0.2) is 13.6 Å². The van der Waals surface area contributed by atoms with E-state index in [1.54, 1.807) is 6.08 Å². The van der Waals surface area contributed by atoms with Crippen molar-refractivity contribution in [3.63, 3.8) is 0 Å². The maximum absolute atomic E-state index is 11.1. The van der Waals surface area contributed by atoms with Gasteiger partial charge >= 0.3 is 0 Å². The van der Waals surface area contributed by atoms with Crippen LogP contribution in [0.3, 0.4) is 0 Å². The number of rotatable bonds is 1. The summed E-state index contributed by atoms with van der Waals surface area (Å²) < 4.78 is 22.2. The lowest BCUT2D eigenvalue weighted by Crippen LogP contribution is -2.17. The molecule has 0 amide bonds. The summed E-state index contributed by atoms with van der Waals surface area (Å²) in [6, 6.07) is 7.66. The lowest BCUT2D eigenvalue weighted by molar-refractivity contribution is 0.604. The Labute approximate surface area is 87.1 Å². The first-order valence-corrected chi connectivity index (χ1v) is 6.56. The predicted molar refractivity (Wildman–Crippen MR) is 58.3 cm³/mol. The van der Waals surface area contributed by atoms with Gasteiger partial charge in [-0.1, -0.05) is 18.2 Å². The summed E-state index contributed by atoms with van der Waals surface area (Å²) in [5, 5.41) is 5.06. The highest BCUT2D eigenvalue weighted by molar-refractivity contribution is 8.02. The fraction of sp³-hybridized carbons (Fsp3) is 0.111. The van der Waals surface area contributed by atoms with E-state index in [0.717, 1.165) is 10.5 Å². The highest BCUT2D eigenvalue weighted by Crippen LogP contribution is 2.32. The van der Waals surface area contributed by atoms with E-state index in [4.69, 9.17) is 5.14 Å². The number of benzene rings is 1. The number of nitrogens with two attached hydrogens (primary N) is 1. The third-order valence-electron chi connectivity index (χ3n) is 1.97. The van der Waals surface area contributed by atoms with Crippen LogP contribution in [0.1, 0.15) is 5.56 Å². The van der Waals surface area contributed by atoms with Crippen molar-refractivity contribution in [2.24, 2.45) is 5.14 Å². The van der Waals surface area contributed by atoms with Crippen LogP contribution in [-0.2, 0) is 10.0 Å². The number of hydrogen-bond acceptors (Lipinski definition) is 3. The van der Waals surface area contributed by atoms with Gasteiger partial charge in [0.1, 0.15) is 0 Å². The minimum absolute atomic E-state index is 0.293. The normalized spacial score (nSPS) is 15.9. The molecule has 3 nitrogen and oxygen atoms in total. The quantitative estimate of drug-likeness (QED) is 0.789. The van der Waals surface area contributed by atoms with Crippen LogP contribution in [0.4, 0.5) is 0 Å². The van der Waals surface area contributed by atoms with Gasteiger partial charge in [-0.15, -0.1) is 11.8 Å². The molecule has 1 aliphatic heterocycles. The first-order chi connectivity index (χ1) is 6.57. The van der Waals surface area contributed by atoms with Gasteiger partial charge in [-0.2, -0.15) is 0 Å². The van der Waals surface area contributed by atoms with E-state index >= 15 is 0 Å². The minimum atomic E-state index is -3.53. The molecule has 0 bridgehead atoms. The Morgan fingerprint density at radius 2 is 2.00 bits per heavy atom. The lowest BCUT2D eigenvalue weighted by Gasteiger charge is -2.13. The predicted octanol–water partition coefficient (Wildman–Crippen LogP) is 1.42. The number of thioether (sulfide) groups is 1. The van der Waals surface area contributed by atoms with Crippen LogP contribution in [0.25, 0.3) is 6.08 Å². The topological polar surface area (TPSA) is 60.2 Å². The van der Waals surface area contributed by atoms with Gasteiger partial charge in [0.2, 0.25) is 10.0 Å². The zero-order valence-electron chi connectivity index (χ0n) is 7.30. The molecule has 0 aromatic heterocycles. The third kappa shape index (κ3) is 1.84. The van der Waals surface area contributed by atoms with E-state index in [9.17, 15) is 8.42 Å². The number of hydrogen-bond donors (Lipinski definition) is 1. The average molecular weight is 227 g/mol. The molecule has 0 saturated heterocycles. The van der Waals surface area contributed by atoms with Crippen molar-refractivity contribution in [2.75, 3.05) is 5.75 Å². The molecule has 0 fully saturated rings. The summed E-state index contributed by atoms with van der Waals surface area (Å²) in [5.41, 5.74) is 0.924. The summed E-state index contributed by atoms with van der Waals surface area (Å²) in [5.74, 6) is 0.426. The molecule has 14 heavy (non-hydrogen) atoms. The lowest BCUT2D eigenvalue weighted by atomic mass is 10.2. The standard InChI is InChI=1S/C9H9NO2S2/c10-14(11,12)8-5-7-3-1-2-4-9(7)13-6-8/h1-5H,6H2,(H2,10,11,12). The Balaban J connectivity index is 2.51. The molecule has 2 rings (SSSR count). The summed E-state index contributed by atoms with van der Waals surface area (Å²) in [7, 11) is -3.53. The summed E-state index contributed by atoms with van der Waals surface area (Å²) in [6.07, 6.45) is 1.64. The van der Waals surface area contributed by atoms with Crippen molar-refractivity contribution in [1.82, 2.24) is 0 Å². The largest absolute Gasteiger partial charge is 0.235 e. The first kappa shape index (κ1) is 9.76. The molecular formula is C9H9NO2S2. The van der Waals surface area contributed by atoms with E-state index in [1.165, 1.54) is 11.8 Å². The molecule has 1 aromatic rings. The maximum Gasteiger partial charge on any atom is 0.235 e. The fourth-order valence-corrected chi connectivity index (χ4v) is 3.23. The first-order valence-electron chi connectivity index (χ1n) is 4.02. The van der Waals surface area contributed by atoms with Gasteiger partial charge in [-0.3, -0.25) is 0 Å². The SMILES string of the molecule is NS(=O)(=O)C1=Cc2ccccc2SC1. The van der Waals surface area contributed by atoms with E-state index in [2.05, 4.69) is 0 Å². The molecule has 2 N–H and O–H groups in total. The van der Waals surface area contributed by atoms with Crippen molar-refractivity contribution in [3.05, 3.63) is 34.7 Å². The van der Waals surface area contributed by atoms with Gasteiger partial charge in [0.15, 0.2) is 0 Å². The fourth-order valence-electron chi connectivity index (χ4n) is 1.26. The summed E-state index contributed by atoms with van der Waals surface area (Å²) in [6.45, 7) is 0. The number of primary sulfonamides is 1. The van der Waals surface area contributed by atoms with Crippen LogP contribution in [0.2, 0.25) is 0 Å². The van der Waals surface area contributed by atoms with Crippen molar-refractivity contribution < 1.29 is 8.42 Å². The number of sulfonamides is 1. The van der Waals surface area contributed by atoms with E-state index in [-0.39, 0.29) is 0 Å². The van der Waals surface area contributed by atoms with Crippen molar-refractivity contribution in [3.8, 4) is 0 Å². The molecule has 0 aliphatic carbocycles. The summed E-state index contributed by atoms with van der Waals surface area (Å²) >= 11 is 1.50. The van der Waals surface area contributed by atoms with Crippen LogP contribution in [-0.4, -0.2) is 14.2 Å². The molecular weight excluding hydrogens is 218 g/mol. The van der Waals surface area contributed by atoms with Gasteiger partial charge in [0.25, 0.3) is 0 Å². The second-order valence-electron chi connectivity index (χ2n) is 2.98. The van der Waals surface area contributed by atoms with Gasteiger partial charge < -0.3 is 0 Å². The second-order valence-corrected chi connectivity index (χ2v) is 5.61. The van der Waals surface area contributed by atoms with Crippen LogP contribution in [0.15, 0.2) is 34.1 Å². The van der Waals surface area contributed by atoms with E-state index in [0.29, 0.717) is 10.7 Å². The molecule has 1 aromatic carbocycles. The molecule has 0 atom stereocenters. The third-order valence-corrected chi connectivity index (χ3v) is 4.28. The Morgan fingerprint density at radius 1 is 1.29 bits per heavy atom. The molecule has 74 valence electrons. The van der Waals surface area contributed by atoms with Crippen molar-refractivity contribution >= 4 is 27.9 Å². The molecule has 0 unspecified atom stereocenters. The molecule has 0 saturated carbocycles. The molecule has 1 aliphatic rings. The average Bonchev–Trinajstić information content (AvgIpc) is 2.16. The second kappa shape index (κ2) is 3.42. The maximum atomic E-state index is 11.1. The minimum Gasteiger partial charge on any atom is -0.225 e. The zero-order valence-corrected chi connectivity index (χ0v) is 8.94. The number of fused-ring (bicyclic) bond motifs is 1. The molecule has 0 spiro atoms. The Morgan fingerprint density at radius 3 is 2.71 bits per heavy atom. The highest BCUT2D eigenvalue weighted by Gasteiger charge is 2.17. The van der Waals surface area contributed by atoms with Crippen LogP contribution < -0.4 is 5.14 Å². The monoisotopic (exact) mass is 227 g/mol. The van der Waals surface area contributed by atoms with Crippen molar-refractivity contribution in [2.45, 2.75) is 4.90 Å². The highest BCUT2D eigenvalue weighted by atomic mass is 32.2. The Kier molecular flexibility index (Phi) is 2.38. The van der Waals surface area contributed by atoms with Crippen LogP contribution >= 0.6 is 11.8 Å². The van der Waals surface area contributed by atoms with E-state index in [1.807, 2.05) is 24.3 Å². The smallest absolute Gasteiger partial charge is 0.225 e. The molecule has 1 heterocycles. The van der Waals surface area contributed by atoms with Gasteiger partial charge in [0, 0.05) is 10.6 Å². The van der Waals surface area contributed by atoms with Crippen molar-refractivity contribution in [1.29, 1.82) is 0 Å². The Bertz CT molecular complexity index is 491. The zero-order chi connectivity index (χ0) is 10.2. The van der Waals surface area contributed by atoms with Gasteiger partial charge in [0.05, 0.1) is 4.91 Å². The Hall–Kier alpha value is -0.780. The van der Waals surface area contributed by atoms with Gasteiger partial charge in [-0.05, 0) is 17.7 Å². The van der Waals surface area contributed by atoms with Crippen LogP contribution in [0, 0.1) is 0 Å². The van der Waals surface area contributed by atoms with Crippen LogP contribution in [0.5, 0.6) is 0 Å².